The molecule has 0 amide bonds. The Balaban J connectivity index is 2.99. The summed E-state index contributed by atoms with van der Waals surface area (Å²) >= 11 is 5.47. The molecule has 1 N–H and O–H groups in total. The minimum absolute atomic E-state index is 0.0765. The highest BCUT2D eigenvalue weighted by atomic mass is 35.5. The van der Waals surface area contributed by atoms with E-state index in [2.05, 4.69) is 0 Å². The fourth-order valence-corrected chi connectivity index (χ4v) is 1.19. The fourth-order valence-electron chi connectivity index (χ4n) is 0.994. The monoisotopic (exact) mass is 238 g/mol. The molecule has 82 valence electrons. The number of hydrogen-bond donors (Lipinski definition) is 1. The van der Waals surface area contributed by atoms with Gasteiger partial charge in [0.1, 0.15) is 5.82 Å². The summed E-state index contributed by atoms with van der Waals surface area (Å²) < 4.78 is 38.4. The van der Waals surface area contributed by atoms with Gasteiger partial charge >= 0.3 is 11.9 Å². The molecule has 0 spiro atoms. The molecule has 0 heterocycles. The van der Waals surface area contributed by atoms with Crippen molar-refractivity contribution < 1.29 is 23.1 Å². The summed E-state index contributed by atoms with van der Waals surface area (Å²) in [6, 6.07) is 3.09. The van der Waals surface area contributed by atoms with E-state index in [-0.39, 0.29) is 5.02 Å². The molecule has 6 heteroatoms. The van der Waals surface area contributed by atoms with Gasteiger partial charge < -0.3 is 5.11 Å². The van der Waals surface area contributed by atoms with Crippen LogP contribution in [0.25, 0.3) is 0 Å². The van der Waals surface area contributed by atoms with Crippen LogP contribution in [0.1, 0.15) is 5.56 Å². The Morgan fingerprint density at radius 2 is 2.07 bits per heavy atom. The summed E-state index contributed by atoms with van der Waals surface area (Å²) in [7, 11) is 0. The van der Waals surface area contributed by atoms with Crippen molar-refractivity contribution in [1.29, 1.82) is 0 Å². The third kappa shape index (κ3) is 2.86. The number of halogens is 4. The number of hydrogen-bond acceptors (Lipinski definition) is 1. The lowest BCUT2D eigenvalue weighted by Gasteiger charge is -2.11. The molecule has 2 nitrogen and oxygen atoms in total. The lowest BCUT2D eigenvalue weighted by molar-refractivity contribution is -0.164. The molecule has 0 aliphatic rings. The van der Waals surface area contributed by atoms with E-state index in [1.54, 1.807) is 0 Å². The van der Waals surface area contributed by atoms with Crippen LogP contribution in [0.15, 0.2) is 18.2 Å². The highest BCUT2D eigenvalue weighted by Gasteiger charge is 2.39. The summed E-state index contributed by atoms with van der Waals surface area (Å²) in [5.41, 5.74) is -0.421. The molecule has 0 aliphatic carbocycles. The highest BCUT2D eigenvalue weighted by molar-refractivity contribution is 6.30. The Morgan fingerprint density at radius 1 is 1.47 bits per heavy atom. The first-order valence-electron chi connectivity index (χ1n) is 3.88. The van der Waals surface area contributed by atoms with E-state index in [1.165, 1.54) is 6.07 Å². The van der Waals surface area contributed by atoms with Gasteiger partial charge in [0.05, 0.1) is 6.42 Å². The van der Waals surface area contributed by atoms with Crippen molar-refractivity contribution in [2.45, 2.75) is 12.3 Å². The molecule has 0 radical (unpaired) electrons. The molecule has 1 aromatic carbocycles. The third-order valence-electron chi connectivity index (χ3n) is 1.73. The van der Waals surface area contributed by atoms with Crippen LogP contribution in [0.3, 0.4) is 0 Å². The van der Waals surface area contributed by atoms with Crippen LogP contribution < -0.4 is 0 Å². The van der Waals surface area contributed by atoms with E-state index in [4.69, 9.17) is 16.7 Å². The Bertz CT molecular complexity index is 393. The predicted molar refractivity (Wildman–Crippen MR) is 47.7 cm³/mol. The number of benzene rings is 1. The first-order valence-corrected chi connectivity index (χ1v) is 4.26. The van der Waals surface area contributed by atoms with E-state index in [1.807, 2.05) is 0 Å². The number of carboxylic acid groups (broad SMARTS) is 1. The van der Waals surface area contributed by atoms with Crippen LogP contribution in [-0.4, -0.2) is 17.0 Å². The average molecular weight is 239 g/mol. The van der Waals surface area contributed by atoms with Gasteiger partial charge in [-0.2, -0.15) is 8.78 Å². The van der Waals surface area contributed by atoms with Crippen LogP contribution in [-0.2, 0) is 11.2 Å². The maximum Gasteiger partial charge on any atom is 0.374 e. The lowest BCUT2D eigenvalue weighted by Crippen LogP contribution is -2.31. The molecule has 0 unspecified atom stereocenters. The third-order valence-corrected chi connectivity index (χ3v) is 1.97. The zero-order chi connectivity index (χ0) is 11.6. The smallest absolute Gasteiger partial charge is 0.374 e. The predicted octanol–water partition coefficient (Wildman–Crippen LogP) is 2.74. The first-order chi connectivity index (χ1) is 6.83. The first kappa shape index (κ1) is 11.8. The Hall–Kier alpha value is -1.23. The van der Waals surface area contributed by atoms with Gasteiger partial charge in [-0.25, -0.2) is 9.18 Å². The highest BCUT2D eigenvalue weighted by Crippen LogP contribution is 2.24. The van der Waals surface area contributed by atoms with E-state index in [0.29, 0.717) is 0 Å². The van der Waals surface area contributed by atoms with Crippen molar-refractivity contribution in [1.82, 2.24) is 0 Å². The summed E-state index contributed by atoms with van der Waals surface area (Å²) in [6.07, 6.45) is -1.21. The van der Waals surface area contributed by atoms with Crippen molar-refractivity contribution in [3.8, 4) is 0 Å². The summed E-state index contributed by atoms with van der Waals surface area (Å²) in [4.78, 5) is 10.1. The molecule has 0 bridgehead atoms. The topological polar surface area (TPSA) is 37.3 Å². The maximum absolute atomic E-state index is 13.0. The molecule has 0 aromatic heterocycles. The summed E-state index contributed by atoms with van der Waals surface area (Å²) in [6.45, 7) is 0. The molecule has 1 rings (SSSR count). The van der Waals surface area contributed by atoms with Gasteiger partial charge in [-0.3, -0.25) is 0 Å². The number of aliphatic carboxylic acids is 1. The van der Waals surface area contributed by atoms with Gasteiger partial charge in [0.15, 0.2) is 0 Å². The number of rotatable bonds is 3. The zero-order valence-corrected chi connectivity index (χ0v) is 8.06. The minimum Gasteiger partial charge on any atom is -0.477 e. The lowest BCUT2D eigenvalue weighted by atomic mass is 10.1. The Kier molecular flexibility index (Phi) is 3.24. The summed E-state index contributed by atoms with van der Waals surface area (Å²) in [5, 5.41) is 8.23. The molecule has 15 heavy (non-hydrogen) atoms. The quantitative estimate of drug-likeness (QED) is 0.879. The Morgan fingerprint density at radius 3 is 2.60 bits per heavy atom. The molecule has 0 atom stereocenters. The molecule has 0 saturated heterocycles. The fraction of sp³-hybridized carbons (Fsp3) is 0.222. The van der Waals surface area contributed by atoms with Gasteiger partial charge in [-0.1, -0.05) is 11.6 Å². The molecular weight excluding hydrogens is 233 g/mol. The van der Waals surface area contributed by atoms with Gasteiger partial charge in [-0.15, -0.1) is 0 Å². The summed E-state index contributed by atoms with van der Waals surface area (Å²) in [5.74, 6) is -7.19. The Labute approximate surface area is 88.3 Å². The van der Waals surface area contributed by atoms with Crippen LogP contribution in [0, 0.1) is 5.82 Å². The number of alkyl halides is 2. The second-order valence-electron chi connectivity index (χ2n) is 2.92. The van der Waals surface area contributed by atoms with Gasteiger partial charge in [0, 0.05) is 5.02 Å². The van der Waals surface area contributed by atoms with Crippen LogP contribution in [0.4, 0.5) is 13.2 Å². The van der Waals surface area contributed by atoms with Crippen molar-refractivity contribution in [2.24, 2.45) is 0 Å². The van der Waals surface area contributed by atoms with Gasteiger partial charge in [-0.05, 0) is 23.8 Å². The van der Waals surface area contributed by atoms with Crippen molar-refractivity contribution in [3.05, 3.63) is 34.6 Å². The second kappa shape index (κ2) is 4.10. The molecular formula is C9H6ClF3O2. The zero-order valence-electron chi connectivity index (χ0n) is 7.31. The molecule has 0 aliphatic heterocycles. The number of carbonyl (C=O) groups is 1. The second-order valence-corrected chi connectivity index (χ2v) is 3.36. The molecule has 0 saturated carbocycles. The van der Waals surface area contributed by atoms with E-state index < -0.39 is 29.7 Å². The van der Waals surface area contributed by atoms with Crippen LogP contribution >= 0.6 is 11.6 Å². The largest absolute Gasteiger partial charge is 0.477 e. The van der Waals surface area contributed by atoms with Gasteiger partial charge in [0.2, 0.25) is 0 Å². The molecule has 0 fully saturated rings. The van der Waals surface area contributed by atoms with Crippen molar-refractivity contribution in [2.75, 3.05) is 0 Å². The maximum atomic E-state index is 13.0. The number of carboxylic acids is 1. The van der Waals surface area contributed by atoms with Crippen LogP contribution in [0.2, 0.25) is 5.02 Å². The van der Waals surface area contributed by atoms with E-state index in [0.717, 1.165) is 12.1 Å². The van der Waals surface area contributed by atoms with Crippen molar-refractivity contribution in [3.63, 3.8) is 0 Å². The van der Waals surface area contributed by atoms with E-state index in [9.17, 15) is 18.0 Å². The molecule has 1 aromatic rings. The van der Waals surface area contributed by atoms with Gasteiger partial charge in [0.25, 0.3) is 0 Å². The standard InChI is InChI=1S/C9H6ClF3O2/c10-6-1-2-7(11)5(3-6)4-9(12,13)8(14)15/h1-3H,4H2,(H,14,15). The minimum atomic E-state index is -3.99. The van der Waals surface area contributed by atoms with E-state index >= 15 is 0 Å². The normalized spacial score (nSPS) is 11.5. The van der Waals surface area contributed by atoms with Crippen molar-refractivity contribution >= 4 is 17.6 Å². The SMILES string of the molecule is O=C(O)C(F)(F)Cc1cc(Cl)ccc1F. The average Bonchev–Trinajstić information content (AvgIpc) is 2.10. The van der Waals surface area contributed by atoms with Crippen LogP contribution in [0.5, 0.6) is 0 Å².